The van der Waals surface area contributed by atoms with Crippen LogP contribution in [0.15, 0.2) is 0 Å². The number of methoxy groups -OCH3 is 1. The molecular formula is C13H24O4. The Labute approximate surface area is 103 Å². The zero-order chi connectivity index (χ0) is 12.9. The second kappa shape index (κ2) is 6.36. The molecule has 3 unspecified atom stereocenters. The summed E-state index contributed by atoms with van der Waals surface area (Å²) in [4.78, 5) is 11.9. The topological polar surface area (TPSA) is 55.8 Å². The molecule has 0 heterocycles. The number of rotatable bonds is 5. The van der Waals surface area contributed by atoms with Crippen molar-refractivity contribution < 1.29 is 19.4 Å². The molecule has 1 fully saturated rings. The highest BCUT2D eigenvalue weighted by Gasteiger charge is 2.48. The maximum absolute atomic E-state index is 11.9. The molecule has 1 N–H and O–H groups in total. The molecule has 0 spiro atoms. The normalized spacial score (nSPS) is 28.5. The summed E-state index contributed by atoms with van der Waals surface area (Å²) in [7, 11) is 1.64. The molecule has 4 heteroatoms. The van der Waals surface area contributed by atoms with Crippen molar-refractivity contribution in [2.75, 3.05) is 13.7 Å². The van der Waals surface area contributed by atoms with Crippen LogP contribution < -0.4 is 0 Å². The maximum Gasteiger partial charge on any atom is 0.338 e. The van der Waals surface area contributed by atoms with Gasteiger partial charge >= 0.3 is 5.97 Å². The highest BCUT2D eigenvalue weighted by atomic mass is 16.5. The molecule has 1 rings (SSSR count). The highest BCUT2D eigenvalue weighted by Crippen LogP contribution is 2.37. The van der Waals surface area contributed by atoms with Crippen LogP contribution in [0.4, 0.5) is 0 Å². The molecule has 17 heavy (non-hydrogen) atoms. The lowest BCUT2D eigenvalue weighted by molar-refractivity contribution is -0.181. The lowest BCUT2D eigenvalue weighted by atomic mass is 9.73. The van der Waals surface area contributed by atoms with Crippen LogP contribution in [0.2, 0.25) is 0 Å². The third-order valence-electron chi connectivity index (χ3n) is 3.79. The lowest BCUT2D eigenvalue weighted by Gasteiger charge is -2.40. The molecule has 3 atom stereocenters. The van der Waals surface area contributed by atoms with Crippen molar-refractivity contribution in [3.05, 3.63) is 0 Å². The summed E-state index contributed by atoms with van der Waals surface area (Å²) in [6, 6.07) is 0. The van der Waals surface area contributed by atoms with Gasteiger partial charge in [-0.25, -0.2) is 4.79 Å². The number of hydrogen-bond acceptors (Lipinski definition) is 4. The van der Waals surface area contributed by atoms with Crippen LogP contribution in [0.3, 0.4) is 0 Å². The van der Waals surface area contributed by atoms with Crippen molar-refractivity contribution >= 4 is 5.97 Å². The summed E-state index contributed by atoms with van der Waals surface area (Å²) in [5, 5.41) is 10.6. The first-order chi connectivity index (χ1) is 8.10. The zero-order valence-electron chi connectivity index (χ0n) is 11.1. The standard InChI is InChI=1S/C13H24O4/c1-4-13(15,12(14)17-5-2)10-8-6-7-9-11(10)16-3/h10-11,15H,4-9H2,1-3H3. The second-order valence-electron chi connectivity index (χ2n) is 4.66. The number of aliphatic hydroxyl groups is 1. The van der Waals surface area contributed by atoms with E-state index in [4.69, 9.17) is 9.47 Å². The fraction of sp³-hybridized carbons (Fsp3) is 0.923. The van der Waals surface area contributed by atoms with Crippen molar-refractivity contribution in [1.82, 2.24) is 0 Å². The predicted molar refractivity (Wildman–Crippen MR) is 64.6 cm³/mol. The Hall–Kier alpha value is -0.610. The van der Waals surface area contributed by atoms with E-state index in [2.05, 4.69) is 0 Å². The van der Waals surface area contributed by atoms with E-state index in [0.717, 1.165) is 25.7 Å². The van der Waals surface area contributed by atoms with Crippen molar-refractivity contribution in [3.8, 4) is 0 Å². The minimum Gasteiger partial charge on any atom is -0.464 e. The Morgan fingerprint density at radius 3 is 2.53 bits per heavy atom. The van der Waals surface area contributed by atoms with Crippen molar-refractivity contribution in [3.63, 3.8) is 0 Å². The summed E-state index contributed by atoms with van der Waals surface area (Å²) in [5.74, 6) is -0.651. The largest absolute Gasteiger partial charge is 0.464 e. The molecule has 0 aromatic rings. The van der Waals surface area contributed by atoms with Gasteiger partial charge in [0.25, 0.3) is 0 Å². The average molecular weight is 244 g/mol. The molecule has 1 aliphatic rings. The first-order valence-electron chi connectivity index (χ1n) is 6.52. The van der Waals surface area contributed by atoms with Crippen molar-refractivity contribution in [2.45, 2.75) is 57.7 Å². The average Bonchev–Trinajstić information content (AvgIpc) is 2.38. The molecule has 0 amide bonds. The number of ether oxygens (including phenoxy) is 2. The number of carbonyl (C=O) groups is 1. The molecule has 1 saturated carbocycles. The van der Waals surface area contributed by atoms with Crippen LogP contribution in [0, 0.1) is 5.92 Å². The zero-order valence-corrected chi connectivity index (χ0v) is 11.1. The van der Waals surface area contributed by atoms with E-state index in [1.165, 1.54) is 0 Å². The van der Waals surface area contributed by atoms with Crippen molar-refractivity contribution in [1.29, 1.82) is 0 Å². The van der Waals surface area contributed by atoms with E-state index in [1.807, 2.05) is 6.92 Å². The van der Waals surface area contributed by atoms with Gasteiger partial charge in [0.2, 0.25) is 0 Å². The Kier molecular flexibility index (Phi) is 5.40. The predicted octanol–water partition coefficient (Wildman–Crippen LogP) is 1.90. The molecule has 0 aromatic heterocycles. The third kappa shape index (κ3) is 2.99. The van der Waals surface area contributed by atoms with E-state index < -0.39 is 11.6 Å². The van der Waals surface area contributed by atoms with Gasteiger partial charge in [-0.15, -0.1) is 0 Å². The smallest absolute Gasteiger partial charge is 0.338 e. The molecule has 1 aliphatic carbocycles. The van der Waals surface area contributed by atoms with E-state index in [0.29, 0.717) is 13.0 Å². The molecule has 0 saturated heterocycles. The van der Waals surface area contributed by atoms with Gasteiger partial charge in [-0.05, 0) is 26.2 Å². The van der Waals surface area contributed by atoms with Crippen LogP contribution in [0.1, 0.15) is 46.0 Å². The van der Waals surface area contributed by atoms with Crippen molar-refractivity contribution in [2.24, 2.45) is 5.92 Å². The van der Waals surface area contributed by atoms with Gasteiger partial charge in [0, 0.05) is 13.0 Å². The number of hydrogen-bond donors (Lipinski definition) is 1. The second-order valence-corrected chi connectivity index (χ2v) is 4.66. The van der Waals surface area contributed by atoms with Crippen LogP contribution in [0.5, 0.6) is 0 Å². The Bertz CT molecular complexity index is 254. The molecule has 0 aliphatic heterocycles. The lowest BCUT2D eigenvalue weighted by Crippen LogP contribution is -2.52. The summed E-state index contributed by atoms with van der Waals surface area (Å²) >= 11 is 0. The first-order valence-corrected chi connectivity index (χ1v) is 6.52. The number of esters is 1. The van der Waals surface area contributed by atoms with Crippen LogP contribution >= 0.6 is 0 Å². The van der Waals surface area contributed by atoms with Gasteiger partial charge in [0.05, 0.1) is 12.7 Å². The quantitative estimate of drug-likeness (QED) is 0.750. The summed E-state index contributed by atoms with van der Waals surface area (Å²) < 4.78 is 10.4. The summed E-state index contributed by atoms with van der Waals surface area (Å²) in [6.45, 7) is 3.87. The Morgan fingerprint density at radius 1 is 1.35 bits per heavy atom. The first kappa shape index (κ1) is 14.5. The van der Waals surface area contributed by atoms with Gasteiger partial charge in [0.15, 0.2) is 5.60 Å². The Morgan fingerprint density at radius 2 is 2.00 bits per heavy atom. The minimum absolute atomic E-state index is 0.0434. The van der Waals surface area contributed by atoms with E-state index in [9.17, 15) is 9.90 Å². The van der Waals surface area contributed by atoms with Gasteiger partial charge in [-0.1, -0.05) is 19.8 Å². The molecule has 0 bridgehead atoms. The van der Waals surface area contributed by atoms with Gasteiger partial charge in [-0.3, -0.25) is 0 Å². The fourth-order valence-electron chi connectivity index (χ4n) is 2.74. The SMILES string of the molecule is CCOC(=O)C(O)(CC)C1CCCCC1OC. The molecule has 100 valence electrons. The summed E-state index contributed by atoms with van der Waals surface area (Å²) in [5.41, 5.74) is -1.39. The summed E-state index contributed by atoms with van der Waals surface area (Å²) in [6.07, 6.45) is 4.18. The molecular weight excluding hydrogens is 220 g/mol. The van der Waals surface area contributed by atoms with E-state index in [1.54, 1.807) is 14.0 Å². The highest BCUT2D eigenvalue weighted by molar-refractivity contribution is 5.79. The van der Waals surface area contributed by atoms with Crippen LogP contribution in [0.25, 0.3) is 0 Å². The van der Waals surface area contributed by atoms with Gasteiger partial charge < -0.3 is 14.6 Å². The Balaban J connectivity index is 2.85. The fourth-order valence-corrected chi connectivity index (χ4v) is 2.74. The third-order valence-corrected chi connectivity index (χ3v) is 3.79. The van der Waals surface area contributed by atoms with Crippen LogP contribution in [-0.2, 0) is 14.3 Å². The molecule has 4 nitrogen and oxygen atoms in total. The number of carbonyl (C=O) groups excluding carboxylic acids is 1. The van der Waals surface area contributed by atoms with Gasteiger partial charge in [-0.2, -0.15) is 0 Å². The molecule has 0 aromatic carbocycles. The van der Waals surface area contributed by atoms with E-state index >= 15 is 0 Å². The minimum atomic E-state index is -1.39. The monoisotopic (exact) mass is 244 g/mol. The maximum atomic E-state index is 11.9. The van der Waals surface area contributed by atoms with Gasteiger partial charge in [0.1, 0.15) is 0 Å². The van der Waals surface area contributed by atoms with E-state index in [-0.39, 0.29) is 12.0 Å². The van der Waals surface area contributed by atoms with Crippen LogP contribution in [-0.4, -0.2) is 36.5 Å². The molecule has 0 radical (unpaired) electrons.